The Balaban J connectivity index is 1.94. The molecule has 0 aromatic heterocycles. The molecule has 0 aliphatic carbocycles. The van der Waals surface area contributed by atoms with Crippen molar-refractivity contribution in [1.82, 2.24) is 10.6 Å². The SMILES string of the molecule is CC(C)(C)OC(=O)[C@H]1CNCC[C@H]1NCc1ccccc1. The molecular weight excluding hydrogens is 264 g/mol. The molecule has 1 heterocycles. The van der Waals surface area contributed by atoms with Gasteiger partial charge in [-0.2, -0.15) is 0 Å². The second-order valence-electron chi connectivity index (χ2n) is 6.61. The minimum Gasteiger partial charge on any atom is -0.460 e. The molecule has 4 nitrogen and oxygen atoms in total. The summed E-state index contributed by atoms with van der Waals surface area (Å²) in [6.07, 6.45) is 0.941. The third kappa shape index (κ3) is 5.14. The Kier molecular flexibility index (Phi) is 5.37. The molecule has 1 aliphatic heterocycles. The van der Waals surface area contributed by atoms with Crippen LogP contribution in [0.25, 0.3) is 0 Å². The van der Waals surface area contributed by atoms with Crippen LogP contribution in [0.1, 0.15) is 32.8 Å². The number of carbonyl (C=O) groups excluding carboxylic acids is 1. The van der Waals surface area contributed by atoms with E-state index in [1.807, 2.05) is 39.0 Å². The number of hydrogen-bond donors (Lipinski definition) is 2. The van der Waals surface area contributed by atoms with E-state index < -0.39 is 5.60 Å². The highest BCUT2D eigenvalue weighted by Gasteiger charge is 2.33. The van der Waals surface area contributed by atoms with Gasteiger partial charge in [0, 0.05) is 19.1 Å². The third-order valence-corrected chi connectivity index (χ3v) is 3.60. The number of carbonyl (C=O) groups is 1. The van der Waals surface area contributed by atoms with E-state index in [0.717, 1.165) is 19.5 Å². The van der Waals surface area contributed by atoms with Crippen molar-refractivity contribution in [2.45, 2.75) is 45.4 Å². The summed E-state index contributed by atoms with van der Waals surface area (Å²) in [6, 6.07) is 10.4. The Labute approximate surface area is 127 Å². The first-order valence-corrected chi connectivity index (χ1v) is 7.66. The maximum absolute atomic E-state index is 12.3. The minimum atomic E-state index is -0.432. The molecule has 0 unspecified atom stereocenters. The van der Waals surface area contributed by atoms with Gasteiger partial charge in [0.05, 0.1) is 5.92 Å². The van der Waals surface area contributed by atoms with Crippen LogP contribution in [-0.2, 0) is 16.1 Å². The molecule has 116 valence electrons. The van der Waals surface area contributed by atoms with Gasteiger partial charge in [0.25, 0.3) is 0 Å². The summed E-state index contributed by atoms with van der Waals surface area (Å²) in [5, 5.41) is 6.80. The van der Waals surface area contributed by atoms with Crippen LogP contribution < -0.4 is 10.6 Å². The summed E-state index contributed by atoms with van der Waals surface area (Å²) in [5.41, 5.74) is 0.803. The van der Waals surface area contributed by atoms with Crippen molar-refractivity contribution in [2.75, 3.05) is 13.1 Å². The fourth-order valence-corrected chi connectivity index (χ4v) is 2.57. The van der Waals surface area contributed by atoms with E-state index in [1.54, 1.807) is 0 Å². The van der Waals surface area contributed by atoms with Crippen molar-refractivity contribution in [2.24, 2.45) is 5.92 Å². The van der Waals surface area contributed by atoms with Crippen LogP contribution in [0.4, 0.5) is 0 Å². The second-order valence-corrected chi connectivity index (χ2v) is 6.61. The smallest absolute Gasteiger partial charge is 0.312 e. The molecule has 1 fully saturated rings. The normalized spacial score (nSPS) is 22.8. The predicted octanol–water partition coefficient (Wildman–Crippen LogP) is 2.10. The standard InChI is InChI=1S/C17H26N2O2/c1-17(2,3)21-16(20)14-12-18-10-9-15(14)19-11-13-7-5-4-6-8-13/h4-8,14-15,18-19H,9-12H2,1-3H3/t14-,15+/m0/s1. The number of ether oxygens (including phenoxy) is 1. The molecule has 1 aromatic rings. The van der Waals surface area contributed by atoms with Gasteiger partial charge < -0.3 is 15.4 Å². The van der Waals surface area contributed by atoms with Crippen LogP contribution in [0.3, 0.4) is 0 Å². The molecule has 0 amide bonds. The molecule has 2 atom stereocenters. The number of esters is 1. The summed E-state index contributed by atoms with van der Waals surface area (Å²) < 4.78 is 5.54. The molecule has 0 bridgehead atoms. The Bertz CT molecular complexity index is 454. The molecule has 1 saturated heterocycles. The molecule has 0 saturated carbocycles. The maximum atomic E-state index is 12.3. The number of nitrogens with one attached hydrogen (secondary N) is 2. The average molecular weight is 290 g/mol. The fraction of sp³-hybridized carbons (Fsp3) is 0.588. The summed E-state index contributed by atoms with van der Waals surface area (Å²) >= 11 is 0. The van der Waals surface area contributed by atoms with Crippen molar-refractivity contribution in [1.29, 1.82) is 0 Å². The van der Waals surface area contributed by atoms with Gasteiger partial charge >= 0.3 is 5.97 Å². The van der Waals surface area contributed by atoms with Gasteiger partial charge in [0.1, 0.15) is 5.60 Å². The molecule has 2 rings (SSSR count). The van der Waals surface area contributed by atoms with E-state index in [9.17, 15) is 4.79 Å². The number of hydrogen-bond acceptors (Lipinski definition) is 4. The highest BCUT2D eigenvalue weighted by Crippen LogP contribution is 2.18. The lowest BCUT2D eigenvalue weighted by Crippen LogP contribution is -2.51. The predicted molar refractivity (Wildman–Crippen MR) is 83.9 cm³/mol. The zero-order valence-electron chi connectivity index (χ0n) is 13.2. The first-order chi connectivity index (χ1) is 9.96. The monoisotopic (exact) mass is 290 g/mol. The Morgan fingerprint density at radius 2 is 2.05 bits per heavy atom. The lowest BCUT2D eigenvalue weighted by Gasteiger charge is -2.33. The van der Waals surface area contributed by atoms with Crippen LogP contribution >= 0.6 is 0 Å². The van der Waals surface area contributed by atoms with E-state index in [4.69, 9.17) is 4.74 Å². The molecule has 21 heavy (non-hydrogen) atoms. The summed E-state index contributed by atoms with van der Waals surface area (Å²) in [4.78, 5) is 12.3. The topological polar surface area (TPSA) is 50.4 Å². The van der Waals surface area contributed by atoms with E-state index in [-0.39, 0.29) is 17.9 Å². The van der Waals surface area contributed by atoms with Gasteiger partial charge in [0.2, 0.25) is 0 Å². The van der Waals surface area contributed by atoms with E-state index in [1.165, 1.54) is 5.56 Å². The average Bonchev–Trinajstić information content (AvgIpc) is 2.45. The van der Waals surface area contributed by atoms with Gasteiger partial charge in [-0.3, -0.25) is 4.79 Å². The van der Waals surface area contributed by atoms with E-state index >= 15 is 0 Å². The summed E-state index contributed by atoms with van der Waals surface area (Å²) in [6.45, 7) is 8.13. The summed E-state index contributed by atoms with van der Waals surface area (Å²) in [5.74, 6) is -0.234. The maximum Gasteiger partial charge on any atom is 0.312 e. The van der Waals surface area contributed by atoms with Crippen molar-refractivity contribution in [3.8, 4) is 0 Å². The molecular formula is C17H26N2O2. The zero-order chi connectivity index (χ0) is 15.3. The van der Waals surface area contributed by atoms with Crippen molar-refractivity contribution >= 4 is 5.97 Å². The van der Waals surface area contributed by atoms with Gasteiger partial charge in [0.15, 0.2) is 0 Å². The third-order valence-electron chi connectivity index (χ3n) is 3.60. The Hall–Kier alpha value is -1.39. The van der Waals surface area contributed by atoms with Crippen LogP contribution in [0.2, 0.25) is 0 Å². The second kappa shape index (κ2) is 7.05. The Morgan fingerprint density at radius 3 is 2.71 bits per heavy atom. The molecule has 2 N–H and O–H groups in total. The van der Waals surface area contributed by atoms with Crippen LogP contribution in [-0.4, -0.2) is 30.7 Å². The van der Waals surface area contributed by atoms with Gasteiger partial charge in [-0.25, -0.2) is 0 Å². The van der Waals surface area contributed by atoms with Crippen LogP contribution in [0.5, 0.6) is 0 Å². The first-order valence-electron chi connectivity index (χ1n) is 7.66. The number of piperidine rings is 1. The van der Waals surface area contributed by atoms with Crippen molar-refractivity contribution in [3.05, 3.63) is 35.9 Å². The molecule has 4 heteroatoms. The Morgan fingerprint density at radius 1 is 1.33 bits per heavy atom. The lowest BCUT2D eigenvalue weighted by atomic mass is 9.93. The van der Waals surface area contributed by atoms with Crippen molar-refractivity contribution in [3.63, 3.8) is 0 Å². The lowest BCUT2D eigenvalue weighted by molar-refractivity contribution is -0.161. The molecule has 0 radical (unpaired) electrons. The minimum absolute atomic E-state index is 0.111. The van der Waals surface area contributed by atoms with E-state index in [0.29, 0.717) is 6.54 Å². The molecule has 1 aliphatic rings. The quantitative estimate of drug-likeness (QED) is 0.834. The first kappa shape index (κ1) is 16.0. The molecule has 1 aromatic carbocycles. The van der Waals surface area contributed by atoms with Gasteiger partial charge in [-0.15, -0.1) is 0 Å². The summed E-state index contributed by atoms with van der Waals surface area (Å²) in [7, 11) is 0. The largest absolute Gasteiger partial charge is 0.460 e. The number of benzene rings is 1. The molecule has 0 spiro atoms. The highest BCUT2D eigenvalue weighted by molar-refractivity contribution is 5.74. The number of rotatable bonds is 4. The van der Waals surface area contributed by atoms with Crippen LogP contribution in [0, 0.1) is 5.92 Å². The van der Waals surface area contributed by atoms with Gasteiger partial charge in [-0.05, 0) is 39.3 Å². The fourth-order valence-electron chi connectivity index (χ4n) is 2.57. The zero-order valence-corrected chi connectivity index (χ0v) is 13.2. The van der Waals surface area contributed by atoms with E-state index in [2.05, 4.69) is 22.8 Å². The van der Waals surface area contributed by atoms with Crippen LogP contribution in [0.15, 0.2) is 30.3 Å². The van der Waals surface area contributed by atoms with Gasteiger partial charge in [-0.1, -0.05) is 30.3 Å². The highest BCUT2D eigenvalue weighted by atomic mass is 16.6. The van der Waals surface area contributed by atoms with Crippen molar-refractivity contribution < 1.29 is 9.53 Å².